The average molecular weight is 253 g/mol. The van der Waals surface area contributed by atoms with Gasteiger partial charge >= 0.3 is 0 Å². The standard InChI is InChI=1S/C16H31NO/c1-12-7-8-14(10-13(12)2)16(17-3)11-15-6-4-5-9-18-15/h12-17H,4-11H2,1-3H3. The van der Waals surface area contributed by atoms with Crippen LogP contribution in [0.5, 0.6) is 0 Å². The van der Waals surface area contributed by atoms with Gasteiger partial charge in [-0.25, -0.2) is 0 Å². The molecule has 2 aliphatic rings. The molecule has 1 heterocycles. The fraction of sp³-hybridized carbons (Fsp3) is 1.00. The molecule has 0 aromatic rings. The number of ether oxygens (including phenoxy) is 1. The van der Waals surface area contributed by atoms with Gasteiger partial charge in [-0.2, -0.15) is 0 Å². The minimum Gasteiger partial charge on any atom is -0.378 e. The Balaban J connectivity index is 1.83. The molecule has 5 atom stereocenters. The zero-order valence-corrected chi connectivity index (χ0v) is 12.5. The lowest BCUT2D eigenvalue weighted by Crippen LogP contribution is -2.41. The second-order valence-electron chi connectivity index (χ2n) is 6.65. The summed E-state index contributed by atoms with van der Waals surface area (Å²) >= 11 is 0. The van der Waals surface area contributed by atoms with E-state index in [0.717, 1.165) is 24.4 Å². The Bertz CT molecular complexity index is 237. The maximum atomic E-state index is 5.91. The van der Waals surface area contributed by atoms with Gasteiger partial charge in [-0.3, -0.25) is 0 Å². The summed E-state index contributed by atoms with van der Waals surface area (Å²) in [6.45, 7) is 5.83. The van der Waals surface area contributed by atoms with Crippen molar-refractivity contribution in [2.24, 2.45) is 17.8 Å². The van der Waals surface area contributed by atoms with Gasteiger partial charge in [0.25, 0.3) is 0 Å². The van der Waals surface area contributed by atoms with Crippen molar-refractivity contribution in [3.8, 4) is 0 Å². The highest BCUT2D eigenvalue weighted by molar-refractivity contribution is 4.85. The van der Waals surface area contributed by atoms with Gasteiger partial charge in [-0.1, -0.05) is 20.3 Å². The summed E-state index contributed by atoms with van der Waals surface area (Å²) in [6.07, 6.45) is 9.86. The van der Waals surface area contributed by atoms with Crippen molar-refractivity contribution in [3.05, 3.63) is 0 Å². The van der Waals surface area contributed by atoms with Crippen molar-refractivity contribution in [3.63, 3.8) is 0 Å². The Morgan fingerprint density at radius 3 is 2.56 bits per heavy atom. The van der Waals surface area contributed by atoms with Crippen molar-refractivity contribution in [2.45, 2.75) is 70.9 Å². The SMILES string of the molecule is CNC(CC1CCCCO1)C1CCC(C)C(C)C1. The van der Waals surface area contributed by atoms with Crippen LogP contribution in [0.3, 0.4) is 0 Å². The van der Waals surface area contributed by atoms with E-state index in [9.17, 15) is 0 Å². The maximum Gasteiger partial charge on any atom is 0.0590 e. The molecular weight excluding hydrogens is 222 g/mol. The number of hydrogen-bond acceptors (Lipinski definition) is 2. The molecule has 2 fully saturated rings. The second-order valence-corrected chi connectivity index (χ2v) is 6.65. The summed E-state index contributed by atoms with van der Waals surface area (Å²) < 4.78 is 5.91. The highest BCUT2D eigenvalue weighted by Gasteiger charge is 2.31. The Hall–Kier alpha value is -0.0800. The third kappa shape index (κ3) is 3.71. The van der Waals surface area contributed by atoms with Crippen LogP contribution in [0.4, 0.5) is 0 Å². The molecule has 2 heteroatoms. The van der Waals surface area contributed by atoms with E-state index in [1.54, 1.807) is 0 Å². The Morgan fingerprint density at radius 2 is 1.94 bits per heavy atom. The largest absolute Gasteiger partial charge is 0.378 e. The second kappa shape index (κ2) is 6.91. The number of rotatable bonds is 4. The van der Waals surface area contributed by atoms with Gasteiger partial charge in [0, 0.05) is 12.6 Å². The molecule has 1 aliphatic carbocycles. The van der Waals surface area contributed by atoms with E-state index in [1.165, 1.54) is 44.9 Å². The molecule has 0 spiro atoms. The van der Waals surface area contributed by atoms with Gasteiger partial charge in [0.2, 0.25) is 0 Å². The molecule has 1 N–H and O–H groups in total. The quantitative estimate of drug-likeness (QED) is 0.826. The molecule has 1 saturated heterocycles. The predicted molar refractivity (Wildman–Crippen MR) is 76.7 cm³/mol. The third-order valence-electron chi connectivity index (χ3n) is 5.37. The average Bonchev–Trinajstić information content (AvgIpc) is 2.40. The van der Waals surface area contributed by atoms with Crippen LogP contribution in [-0.4, -0.2) is 25.8 Å². The van der Waals surface area contributed by atoms with Crippen molar-refractivity contribution >= 4 is 0 Å². The summed E-state index contributed by atoms with van der Waals surface area (Å²) in [5.41, 5.74) is 0. The lowest BCUT2D eigenvalue weighted by Gasteiger charge is -2.38. The third-order valence-corrected chi connectivity index (χ3v) is 5.37. The molecule has 0 amide bonds. The van der Waals surface area contributed by atoms with Gasteiger partial charge in [0.1, 0.15) is 0 Å². The topological polar surface area (TPSA) is 21.3 Å². The molecule has 1 saturated carbocycles. The van der Waals surface area contributed by atoms with Crippen LogP contribution in [-0.2, 0) is 4.74 Å². The van der Waals surface area contributed by atoms with E-state index in [2.05, 4.69) is 26.2 Å². The van der Waals surface area contributed by atoms with Gasteiger partial charge in [-0.05, 0) is 63.3 Å². The van der Waals surface area contributed by atoms with Crippen molar-refractivity contribution < 1.29 is 4.74 Å². The van der Waals surface area contributed by atoms with Gasteiger partial charge in [0.15, 0.2) is 0 Å². The first-order valence-corrected chi connectivity index (χ1v) is 7.99. The van der Waals surface area contributed by atoms with Crippen LogP contribution < -0.4 is 5.32 Å². The molecule has 0 aromatic heterocycles. The molecule has 0 bridgehead atoms. The van der Waals surface area contributed by atoms with Crippen LogP contribution in [0.2, 0.25) is 0 Å². The zero-order valence-electron chi connectivity index (χ0n) is 12.5. The Morgan fingerprint density at radius 1 is 1.11 bits per heavy atom. The highest BCUT2D eigenvalue weighted by atomic mass is 16.5. The van der Waals surface area contributed by atoms with E-state index in [-0.39, 0.29) is 0 Å². The molecular formula is C16H31NO. The van der Waals surface area contributed by atoms with Crippen molar-refractivity contribution in [2.75, 3.05) is 13.7 Å². The van der Waals surface area contributed by atoms with Gasteiger partial charge < -0.3 is 10.1 Å². The zero-order chi connectivity index (χ0) is 13.0. The molecule has 106 valence electrons. The number of hydrogen-bond donors (Lipinski definition) is 1. The Labute approximate surface area is 113 Å². The molecule has 0 aromatic carbocycles. The lowest BCUT2D eigenvalue weighted by atomic mass is 9.72. The van der Waals surface area contributed by atoms with E-state index in [0.29, 0.717) is 12.1 Å². The smallest absolute Gasteiger partial charge is 0.0590 e. The summed E-state index contributed by atoms with van der Waals surface area (Å²) in [4.78, 5) is 0. The van der Waals surface area contributed by atoms with Crippen LogP contribution in [0.1, 0.15) is 58.8 Å². The monoisotopic (exact) mass is 253 g/mol. The van der Waals surface area contributed by atoms with Crippen LogP contribution in [0, 0.1) is 17.8 Å². The Kier molecular flexibility index (Phi) is 5.50. The fourth-order valence-electron chi connectivity index (χ4n) is 3.78. The molecule has 0 radical (unpaired) electrons. The lowest BCUT2D eigenvalue weighted by molar-refractivity contribution is -0.00172. The highest BCUT2D eigenvalue weighted by Crippen LogP contribution is 2.36. The van der Waals surface area contributed by atoms with E-state index >= 15 is 0 Å². The van der Waals surface area contributed by atoms with E-state index in [4.69, 9.17) is 4.74 Å². The normalized spacial score (nSPS) is 39.5. The first-order chi connectivity index (χ1) is 8.70. The fourth-order valence-corrected chi connectivity index (χ4v) is 3.78. The van der Waals surface area contributed by atoms with Gasteiger partial charge in [0.05, 0.1) is 6.10 Å². The number of nitrogens with one attached hydrogen (secondary N) is 1. The summed E-state index contributed by atoms with van der Waals surface area (Å²) in [7, 11) is 2.14. The van der Waals surface area contributed by atoms with Crippen LogP contribution in [0.15, 0.2) is 0 Å². The van der Waals surface area contributed by atoms with Crippen LogP contribution >= 0.6 is 0 Å². The minimum atomic E-state index is 0.519. The van der Waals surface area contributed by atoms with E-state index < -0.39 is 0 Å². The van der Waals surface area contributed by atoms with Crippen molar-refractivity contribution in [1.82, 2.24) is 5.32 Å². The maximum absolute atomic E-state index is 5.91. The minimum absolute atomic E-state index is 0.519. The summed E-state index contributed by atoms with van der Waals surface area (Å²) in [6, 6.07) is 0.669. The van der Waals surface area contributed by atoms with E-state index in [1.807, 2.05) is 0 Å². The van der Waals surface area contributed by atoms with Crippen LogP contribution in [0.25, 0.3) is 0 Å². The molecule has 18 heavy (non-hydrogen) atoms. The molecule has 2 nitrogen and oxygen atoms in total. The molecule has 2 rings (SSSR count). The van der Waals surface area contributed by atoms with Crippen molar-refractivity contribution in [1.29, 1.82) is 0 Å². The summed E-state index contributed by atoms with van der Waals surface area (Å²) in [5.74, 6) is 2.68. The van der Waals surface area contributed by atoms with Gasteiger partial charge in [-0.15, -0.1) is 0 Å². The first kappa shape index (κ1) is 14.3. The predicted octanol–water partition coefficient (Wildman–Crippen LogP) is 3.61. The molecule has 1 aliphatic heterocycles. The molecule has 5 unspecified atom stereocenters. The summed E-state index contributed by atoms with van der Waals surface area (Å²) in [5, 5.41) is 3.57. The first-order valence-electron chi connectivity index (χ1n) is 7.99.